The lowest BCUT2D eigenvalue weighted by molar-refractivity contribution is 0.220. The lowest BCUT2D eigenvalue weighted by Gasteiger charge is -2.23. The van der Waals surface area contributed by atoms with Crippen LogP contribution >= 0.6 is 0 Å². The van der Waals surface area contributed by atoms with Gasteiger partial charge in [-0.05, 0) is 50.9 Å². The Hall–Kier alpha value is -0.800. The van der Waals surface area contributed by atoms with Gasteiger partial charge in [0.1, 0.15) is 11.5 Å². The van der Waals surface area contributed by atoms with Gasteiger partial charge < -0.3 is 9.73 Å². The van der Waals surface area contributed by atoms with Gasteiger partial charge in [0, 0.05) is 6.04 Å². The van der Waals surface area contributed by atoms with Crippen LogP contribution in [0.25, 0.3) is 0 Å². The second-order valence-electron chi connectivity index (χ2n) is 6.07. The molecule has 3 nitrogen and oxygen atoms in total. The molecule has 1 saturated heterocycles. The molecule has 0 bridgehead atoms. The Morgan fingerprint density at radius 3 is 2.42 bits per heavy atom. The van der Waals surface area contributed by atoms with E-state index in [2.05, 4.69) is 22.3 Å². The van der Waals surface area contributed by atoms with E-state index in [0.29, 0.717) is 0 Å². The minimum Gasteiger partial charge on any atom is -0.463 e. The first-order valence-electron chi connectivity index (χ1n) is 7.93. The van der Waals surface area contributed by atoms with Crippen LogP contribution in [0.5, 0.6) is 0 Å². The molecular formula is C16H26N2O. The van der Waals surface area contributed by atoms with Crippen molar-refractivity contribution in [1.29, 1.82) is 0 Å². The van der Waals surface area contributed by atoms with E-state index in [-0.39, 0.29) is 0 Å². The van der Waals surface area contributed by atoms with Crippen molar-refractivity contribution in [3.8, 4) is 0 Å². The molecule has 0 aromatic carbocycles. The Balaban J connectivity index is 1.47. The van der Waals surface area contributed by atoms with E-state index in [1.165, 1.54) is 58.0 Å². The second-order valence-corrected chi connectivity index (χ2v) is 6.07. The average Bonchev–Trinajstić information content (AvgIpc) is 3.10. The maximum atomic E-state index is 5.93. The number of furan rings is 1. The maximum Gasteiger partial charge on any atom is 0.118 e. The average molecular weight is 262 g/mol. The largest absolute Gasteiger partial charge is 0.463 e. The molecule has 1 N–H and O–H groups in total. The number of nitrogens with zero attached hydrogens (tertiary/aromatic N) is 1. The minimum absolute atomic E-state index is 0.753. The summed E-state index contributed by atoms with van der Waals surface area (Å²) in [4.78, 5) is 2.55. The highest BCUT2D eigenvalue weighted by Gasteiger charge is 2.20. The Morgan fingerprint density at radius 2 is 1.68 bits per heavy atom. The van der Waals surface area contributed by atoms with E-state index in [0.717, 1.165) is 30.7 Å². The first-order chi connectivity index (χ1) is 9.40. The van der Waals surface area contributed by atoms with Crippen LogP contribution in [0.1, 0.15) is 56.5 Å². The van der Waals surface area contributed by atoms with Crippen LogP contribution in [-0.4, -0.2) is 24.0 Å². The third kappa shape index (κ3) is 4.36. The molecule has 0 amide bonds. The van der Waals surface area contributed by atoms with E-state index in [1.54, 1.807) is 0 Å². The lowest BCUT2D eigenvalue weighted by Crippen LogP contribution is -2.26. The summed E-state index contributed by atoms with van der Waals surface area (Å²) in [5.74, 6) is 2.22. The van der Waals surface area contributed by atoms with Crippen molar-refractivity contribution in [3.05, 3.63) is 23.7 Å². The molecule has 0 atom stereocenters. The van der Waals surface area contributed by atoms with Crippen LogP contribution in [-0.2, 0) is 13.1 Å². The lowest BCUT2D eigenvalue weighted by atomic mass is 10.1. The second kappa shape index (κ2) is 6.58. The summed E-state index contributed by atoms with van der Waals surface area (Å²) in [6.07, 6.45) is 9.57. The first kappa shape index (κ1) is 13.2. The fourth-order valence-electron chi connectivity index (χ4n) is 2.83. The molecule has 19 heavy (non-hydrogen) atoms. The molecule has 3 rings (SSSR count). The molecule has 3 heteroatoms. The fraction of sp³-hybridized carbons (Fsp3) is 0.750. The topological polar surface area (TPSA) is 28.4 Å². The quantitative estimate of drug-likeness (QED) is 0.882. The van der Waals surface area contributed by atoms with E-state index >= 15 is 0 Å². The van der Waals surface area contributed by atoms with Crippen LogP contribution in [0, 0.1) is 0 Å². The van der Waals surface area contributed by atoms with Crippen molar-refractivity contribution in [3.63, 3.8) is 0 Å². The number of likely N-dealkylation sites (tertiary alicyclic amines) is 1. The Kier molecular flexibility index (Phi) is 4.57. The summed E-state index contributed by atoms with van der Waals surface area (Å²) in [5, 5.41) is 3.50. The fourth-order valence-corrected chi connectivity index (χ4v) is 2.83. The summed E-state index contributed by atoms with van der Waals surface area (Å²) < 4.78 is 5.93. The van der Waals surface area contributed by atoms with Gasteiger partial charge in [-0.1, -0.05) is 19.3 Å². The monoisotopic (exact) mass is 262 g/mol. The van der Waals surface area contributed by atoms with Crippen LogP contribution in [0.3, 0.4) is 0 Å². The normalized spacial score (nSPS) is 22.1. The summed E-state index contributed by atoms with van der Waals surface area (Å²) in [5.41, 5.74) is 0. The first-order valence-corrected chi connectivity index (χ1v) is 7.93. The molecule has 1 saturated carbocycles. The molecule has 1 aliphatic carbocycles. The van der Waals surface area contributed by atoms with Crippen molar-refractivity contribution in [2.75, 3.05) is 13.1 Å². The minimum atomic E-state index is 0.753. The van der Waals surface area contributed by atoms with Crippen LogP contribution < -0.4 is 5.32 Å². The summed E-state index contributed by atoms with van der Waals surface area (Å²) >= 11 is 0. The van der Waals surface area contributed by atoms with Gasteiger partial charge in [0.05, 0.1) is 13.1 Å². The number of nitrogens with one attached hydrogen (secondary N) is 1. The molecule has 0 spiro atoms. The molecular weight excluding hydrogens is 236 g/mol. The van der Waals surface area contributed by atoms with E-state index in [4.69, 9.17) is 4.42 Å². The molecule has 106 valence electrons. The van der Waals surface area contributed by atoms with Crippen molar-refractivity contribution in [2.45, 2.75) is 64.1 Å². The van der Waals surface area contributed by atoms with E-state index in [1.807, 2.05) is 0 Å². The third-order valence-corrected chi connectivity index (χ3v) is 4.19. The summed E-state index contributed by atoms with van der Waals surface area (Å²) in [7, 11) is 0. The molecule has 2 heterocycles. The third-order valence-electron chi connectivity index (χ3n) is 4.19. The highest BCUT2D eigenvalue weighted by Crippen LogP contribution is 2.20. The molecule has 1 aromatic rings. The molecule has 2 aliphatic rings. The van der Waals surface area contributed by atoms with Gasteiger partial charge >= 0.3 is 0 Å². The predicted octanol–water partition coefficient (Wildman–Crippen LogP) is 3.30. The van der Waals surface area contributed by atoms with Crippen molar-refractivity contribution < 1.29 is 4.42 Å². The van der Waals surface area contributed by atoms with Gasteiger partial charge in [-0.25, -0.2) is 0 Å². The van der Waals surface area contributed by atoms with Gasteiger partial charge in [-0.3, -0.25) is 4.90 Å². The van der Waals surface area contributed by atoms with Gasteiger partial charge in [0.25, 0.3) is 0 Å². The Bertz CT molecular complexity index is 376. The highest BCUT2D eigenvalue weighted by atomic mass is 16.3. The standard InChI is InChI=1S/C16H26N2O/c1-2-4-10-18(11-5-3-1)13-16-9-8-15(19-16)12-17-14-6-7-14/h8-9,14,17H,1-7,10-13H2. The van der Waals surface area contributed by atoms with Gasteiger partial charge in [-0.15, -0.1) is 0 Å². The van der Waals surface area contributed by atoms with Crippen LogP contribution in [0.2, 0.25) is 0 Å². The number of rotatable bonds is 5. The van der Waals surface area contributed by atoms with Crippen molar-refractivity contribution >= 4 is 0 Å². The van der Waals surface area contributed by atoms with Gasteiger partial charge in [0.15, 0.2) is 0 Å². The maximum absolute atomic E-state index is 5.93. The number of hydrogen-bond donors (Lipinski definition) is 1. The van der Waals surface area contributed by atoms with Crippen LogP contribution in [0.15, 0.2) is 16.5 Å². The van der Waals surface area contributed by atoms with Gasteiger partial charge in [-0.2, -0.15) is 0 Å². The zero-order valence-corrected chi connectivity index (χ0v) is 11.9. The molecule has 1 aromatic heterocycles. The van der Waals surface area contributed by atoms with E-state index < -0.39 is 0 Å². The zero-order chi connectivity index (χ0) is 12.9. The molecule has 0 unspecified atom stereocenters. The highest BCUT2D eigenvalue weighted by molar-refractivity contribution is 5.07. The molecule has 1 aliphatic heterocycles. The van der Waals surface area contributed by atoms with Crippen molar-refractivity contribution in [1.82, 2.24) is 10.2 Å². The van der Waals surface area contributed by atoms with Crippen LogP contribution in [0.4, 0.5) is 0 Å². The zero-order valence-electron chi connectivity index (χ0n) is 11.9. The molecule has 2 fully saturated rings. The van der Waals surface area contributed by atoms with Gasteiger partial charge in [0.2, 0.25) is 0 Å². The molecule has 0 radical (unpaired) electrons. The Labute approximate surface area is 116 Å². The smallest absolute Gasteiger partial charge is 0.118 e. The summed E-state index contributed by atoms with van der Waals surface area (Å²) in [6, 6.07) is 5.04. The Morgan fingerprint density at radius 1 is 1.00 bits per heavy atom. The van der Waals surface area contributed by atoms with Crippen molar-refractivity contribution in [2.24, 2.45) is 0 Å². The van der Waals surface area contributed by atoms with E-state index in [9.17, 15) is 0 Å². The summed E-state index contributed by atoms with van der Waals surface area (Å²) in [6.45, 7) is 4.35. The SMILES string of the molecule is c1cc(CN2CCCCCCC2)oc1CNC1CC1. The number of hydrogen-bond acceptors (Lipinski definition) is 3. The predicted molar refractivity (Wildman–Crippen MR) is 76.9 cm³/mol.